The lowest BCUT2D eigenvalue weighted by molar-refractivity contribution is 0.632. The molecule has 0 N–H and O–H groups in total. The zero-order valence-corrected chi connectivity index (χ0v) is 34.3. The third-order valence-electron chi connectivity index (χ3n) is 12.6. The number of nitrogens with zero attached hydrogens (tertiary/aromatic N) is 2. The Bertz CT molecular complexity index is 3210. The number of hydrogen-bond donors (Lipinski definition) is 0. The fourth-order valence-corrected chi connectivity index (χ4v) is 9.63. The summed E-state index contributed by atoms with van der Waals surface area (Å²) in [6, 6.07) is 84.4. The standard InChI is InChI=1S/C59H44N2/c1-59(2)52-29-14-16-31-55(52)61(57-40-46(34-38-53(57)59)49-28-17-24-43-22-9-11-25-48(43)49)58-51-27-12-10-23-45(51)35-39-56(58)60(47-36-32-42(33-37-47)41-18-5-3-6-19-41)54-30-15-13-26-50(54)44-20-7-4-8-21-44/h3-40H,1-2H3. The van der Waals surface area contributed by atoms with Crippen LogP contribution in [0, 0.1) is 0 Å². The second kappa shape index (κ2) is 14.9. The van der Waals surface area contributed by atoms with Crippen molar-refractivity contribution < 1.29 is 0 Å². The van der Waals surface area contributed by atoms with E-state index in [1.54, 1.807) is 0 Å². The van der Waals surface area contributed by atoms with Gasteiger partial charge in [0.1, 0.15) is 0 Å². The van der Waals surface area contributed by atoms with Gasteiger partial charge in [-0.3, -0.25) is 0 Å². The topological polar surface area (TPSA) is 6.48 Å². The van der Waals surface area contributed by atoms with Gasteiger partial charge < -0.3 is 9.80 Å². The van der Waals surface area contributed by atoms with Gasteiger partial charge >= 0.3 is 0 Å². The molecule has 290 valence electrons. The average molecular weight is 781 g/mol. The molecule has 1 heterocycles. The van der Waals surface area contributed by atoms with E-state index in [0.717, 1.165) is 28.3 Å². The largest absolute Gasteiger partial charge is 0.308 e. The highest BCUT2D eigenvalue weighted by Gasteiger charge is 2.39. The minimum atomic E-state index is -0.253. The van der Waals surface area contributed by atoms with Crippen molar-refractivity contribution in [2.75, 3.05) is 9.80 Å². The van der Waals surface area contributed by atoms with Crippen molar-refractivity contribution in [2.45, 2.75) is 19.3 Å². The van der Waals surface area contributed by atoms with Gasteiger partial charge in [0.15, 0.2) is 0 Å². The number of para-hydroxylation sites is 2. The highest BCUT2D eigenvalue weighted by molar-refractivity contribution is 6.10. The molecule has 11 rings (SSSR count). The molecule has 0 radical (unpaired) electrons. The highest BCUT2D eigenvalue weighted by atomic mass is 15.2. The monoisotopic (exact) mass is 780 g/mol. The Morgan fingerprint density at radius 2 is 0.918 bits per heavy atom. The maximum Gasteiger partial charge on any atom is 0.0781 e. The molecule has 0 saturated carbocycles. The first-order chi connectivity index (χ1) is 30.0. The first kappa shape index (κ1) is 36.4. The van der Waals surface area contributed by atoms with E-state index in [2.05, 4.69) is 254 Å². The summed E-state index contributed by atoms with van der Waals surface area (Å²) in [5.41, 5.74) is 16.2. The van der Waals surface area contributed by atoms with E-state index in [4.69, 9.17) is 0 Å². The lowest BCUT2D eigenvalue weighted by atomic mass is 9.73. The quantitative estimate of drug-likeness (QED) is 0.159. The molecule has 2 heteroatoms. The SMILES string of the molecule is CC1(C)c2ccccc2N(c2c(N(c3ccc(-c4ccccc4)cc3)c3ccccc3-c3ccccc3)ccc3ccccc23)c2cc(-c3cccc4ccccc34)ccc21. The van der Waals surface area contributed by atoms with Crippen molar-refractivity contribution in [3.05, 3.63) is 242 Å². The average Bonchev–Trinajstić information content (AvgIpc) is 3.33. The molecule has 0 aliphatic carbocycles. The Hall–Kier alpha value is -7.68. The Morgan fingerprint density at radius 3 is 1.70 bits per heavy atom. The van der Waals surface area contributed by atoms with Crippen molar-refractivity contribution in [1.82, 2.24) is 0 Å². The summed E-state index contributed by atoms with van der Waals surface area (Å²) < 4.78 is 0. The van der Waals surface area contributed by atoms with E-state index in [0.29, 0.717) is 0 Å². The molecule has 0 unspecified atom stereocenters. The van der Waals surface area contributed by atoms with E-state index in [-0.39, 0.29) is 5.41 Å². The van der Waals surface area contributed by atoms with Crippen molar-refractivity contribution in [2.24, 2.45) is 0 Å². The summed E-state index contributed by atoms with van der Waals surface area (Å²) in [6.07, 6.45) is 0. The molecule has 0 bridgehead atoms. The summed E-state index contributed by atoms with van der Waals surface area (Å²) >= 11 is 0. The second-order valence-corrected chi connectivity index (χ2v) is 16.5. The molecule has 0 spiro atoms. The van der Waals surface area contributed by atoms with Gasteiger partial charge in [-0.1, -0.05) is 208 Å². The van der Waals surface area contributed by atoms with Gasteiger partial charge in [-0.05, 0) is 91.5 Å². The van der Waals surface area contributed by atoms with Gasteiger partial charge in [0, 0.05) is 22.1 Å². The lowest BCUT2D eigenvalue weighted by Crippen LogP contribution is -2.31. The predicted molar refractivity (Wildman–Crippen MR) is 259 cm³/mol. The van der Waals surface area contributed by atoms with Gasteiger partial charge in [-0.25, -0.2) is 0 Å². The number of fused-ring (bicyclic) bond motifs is 4. The van der Waals surface area contributed by atoms with Crippen LogP contribution >= 0.6 is 0 Å². The normalized spacial score (nSPS) is 12.9. The summed E-state index contributed by atoms with van der Waals surface area (Å²) in [5, 5.41) is 4.85. The van der Waals surface area contributed by atoms with E-state index >= 15 is 0 Å². The van der Waals surface area contributed by atoms with Crippen LogP contribution < -0.4 is 9.80 Å². The summed E-state index contributed by atoms with van der Waals surface area (Å²) in [6.45, 7) is 4.75. The molecule has 0 saturated heterocycles. The molecule has 1 aliphatic heterocycles. The Kier molecular flexibility index (Phi) is 8.86. The fourth-order valence-electron chi connectivity index (χ4n) is 9.63. The minimum Gasteiger partial charge on any atom is -0.308 e. The summed E-state index contributed by atoms with van der Waals surface area (Å²) in [4.78, 5) is 5.05. The zero-order chi connectivity index (χ0) is 40.9. The Labute approximate surface area is 358 Å². The molecule has 1 aliphatic rings. The smallest absolute Gasteiger partial charge is 0.0781 e. The molecule has 2 nitrogen and oxygen atoms in total. The number of rotatable bonds is 7. The number of hydrogen-bond acceptors (Lipinski definition) is 2. The fraction of sp³-hybridized carbons (Fsp3) is 0.0508. The van der Waals surface area contributed by atoms with E-state index < -0.39 is 0 Å². The number of anilines is 6. The highest BCUT2D eigenvalue weighted by Crippen LogP contribution is 2.57. The third kappa shape index (κ3) is 6.19. The van der Waals surface area contributed by atoms with Crippen LogP contribution in [0.25, 0.3) is 54.9 Å². The predicted octanol–water partition coefficient (Wildman–Crippen LogP) is 16.6. The van der Waals surface area contributed by atoms with Crippen LogP contribution in [0.15, 0.2) is 231 Å². The van der Waals surface area contributed by atoms with Crippen molar-refractivity contribution in [1.29, 1.82) is 0 Å². The van der Waals surface area contributed by atoms with Crippen LogP contribution in [-0.2, 0) is 5.41 Å². The molecule has 10 aromatic rings. The van der Waals surface area contributed by atoms with Gasteiger partial charge in [0.2, 0.25) is 0 Å². The van der Waals surface area contributed by atoms with Crippen LogP contribution in [0.3, 0.4) is 0 Å². The van der Waals surface area contributed by atoms with E-state index in [1.165, 1.54) is 71.9 Å². The third-order valence-corrected chi connectivity index (χ3v) is 12.6. The maximum atomic E-state index is 2.57. The Balaban J connectivity index is 1.22. The molecule has 0 aromatic heterocycles. The van der Waals surface area contributed by atoms with Crippen molar-refractivity contribution in [3.63, 3.8) is 0 Å². The number of benzene rings is 10. The van der Waals surface area contributed by atoms with E-state index in [1.807, 2.05) is 0 Å². The first-order valence-corrected chi connectivity index (χ1v) is 21.2. The maximum absolute atomic E-state index is 2.57. The molecule has 61 heavy (non-hydrogen) atoms. The molecule has 0 fully saturated rings. The van der Waals surface area contributed by atoms with Gasteiger partial charge in [-0.15, -0.1) is 0 Å². The van der Waals surface area contributed by atoms with Crippen LogP contribution in [0.5, 0.6) is 0 Å². The Morgan fingerprint density at radius 1 is 0.361 bits per heavy atom. The molecule has 0 amide bonds. The summed E-state index contributed by atoms with van der Waals surface area (Å²) in [5.74, 6) is 0. The molecule has 0 atom stereocenters. The zero-order valence-electron chi connectivity index (χ0n) is 34.3. The van der Waals surface area contributed by atoms with Gasteiger partial charge in [0.05, 0.1) is 28.4 Å². The molecular weight excluding hydrogens is 737 g/mol. The van der Waals surface area contributed by atoms with Crippen LogP contribution in [0.4, 0.5) is 34.1 Å². The molecule has 10 aromatic carbocycles. The van der Waals surface area contributed by atoms with Crippen LogP contribution in [0.2, 0.25) is 0 Å². The first-order valence-electron chi connectivity index (χ1n) is 21.2. The van der Waals surface area contributed by atoms with Crippen molar-refractivity contribution >= 4 is 55.7 Å². The summed E-state index contributed by atoms with van der Waals surface area (Å²) in [7, 11) is 0. The van der Waals surface area contributed by atoms with Crippen LogP contribution in [-0.4, -0.2) is 0 Å². The van der Waals surface area contributed by atoms with E-state index in [9.17, 15) is 0 Å². The minimum absolute atomic E-state index is 0.253. The van der Waals surface area contributed by atoms with Crippen molar-refractivity contribution in [3.8, 4) is 33.4 Å². The van der Waals surface area contributed by atoms with Gasteiger partial charge in [-0.2, -0.15) is 0 Å². The van der Waals surface area contributed by atoms with Crippen LogP contribution in [0.1, 0.15) is 25.0 Å². The van der Waals surface area contributed by atoms with Gasteiger partial charge in [0.25, 0.3) is 0 Å². The lowest BCUT2D eigenvalue weighted by Gasteiger charge is -2.44. The second-order valence-electron chi connectivity index (χ2n) is 16.5. The molecular formula is C59H44N2.